The second kappa shape index (κ2) is 3.48. The number of ether oxygens (including phenoxy) is 1. The number of hydrogen-bond acceptors (Lipinski definition) is 3. The molecular weight excluding hydrogens is 173 g/mol. The second-order valence-electron chi connectivity index (χ2n) is 1.90. The van der Waals surface area contributed by atoms with Gasteiger partial charge in [0.05, 0.1) is 0 Å². The Bertz CT molecular complexity index is 236. The molecule has 3 nitrogen and oxygen atoms in total. The van der Waals surface area contributed by atoms with Crippen molar-refractivity contribution in [2.45, 2.75) is 13.0 Å². The third kappa shape index (κ3) is 3.29. The van der Waals surface area contributed by atoms with Gasteiger partial charge in [-0.25, -0.2) is 9.97 Å². The molecule has 0 spiro atoms. The minimum Gasteiger partial charge on any atom is -0.284 e. The van der Waals surface area contributed by atoms with Crippen molar-refractivity contribution in [3.05, 3.63) is 24.3 Å². The van der Waals surface area contributed by atoms with Crippen LogP contribution in [0.1, 0.15) is 5.82 Å². The summed E-state index contributed by atoms with van der Waals surface area (Å²) in [5, 5.41) is 0. The minimum absolute atomic E-state index is 0.00910. The van der Waals surface area contributed by atoms with E-state index in [1.54, 1.807) is 0 Å². The van der Waals surface area contributed by atoms with E-state index in [1.807, 2.05) is 0 Å². The van der Waals surface area contributed by atoms with Gasteiger partial charge < -0.3 is 0 Å². The number of rotatable bonds is 2. The van der Waals surface area contributed by atoms with E-state index < -0.39 is 13.0 Å². The first kappa shape index (κ1) is 8.92. The van der Waals surface area contributed by atoms with E-state index in [2.05, 4.69) is 14.7 Å². The Morgan fingerprint density at radius 3 is 2.33 bits per heavy atom. The monoisotopic (exact) mass is 178 g/mol. The van der Waals surface area contributed by atoms with E-state index in [9.17, 15) is 13.2 Å². The lowest BCUT2D eigenvalue weighted by molar-refractivity contribution is -0.331. The van der Waals surface area contributed by atoms with Crippen molar-refractivity contribution in [2.75, 3.05) is 0 Å². The SMILES string of the molecule is FC(F)(F)OCc1ncccn1. The summed E-state index contributed by atoms with van der Waals surface area (Å²) in [5.74, 6) is 0.00910. The summed E-state index contributed by atoms with van der Waals surface area (Å²) in [4.78, 5) is 7.09. The van der Waals surface area contributed by atoms with Crippen LogP contribution in [0.15, 0.2) is 18.5 Å². The van der Waals surface area contributed by atoms with Gasteiger partial charge in [0.15, 0.2) is 5.82 Å². The van der Waals surface area contributed by atoms with Crippen molar-refractivity contribution >= 4 is 0 Å². The fraction of sp³-hybridized carbons (Fsp3) is 0.333. The molecule has 0 aromatic carbocycles. The highest BCUT2D eigenvalue weighted by Crippen LogP contribution is 2.17. The first-order chi connectivity index (χ1) is 5.58. The zero-order chi connectivity index (χ0) is 9.03. The van der Waals surface area contributed by atoms with Crippen LogP contribution >= 0.6 is 0 Å². The molecule has 0 aliphatic heterocycles. The van der Waals surface area contributed by atoms with Crippen LogP contribution in [0.4, 0.5) is 13.2 Å². The van der Waals surface area contributed by atoms with Gasteiger partial charge in [0.1, 0.15) is 6.61 Å². The summed E-state index contributed by atoms with van der Waals surface area (Å²) < 4.78 is 37.9. The van der Waals surface area contributed by atoms with Crippen molar-refractivity contribution < 1.29 is 17.9 Å². The Hall–Kier alpha value is -1.17. The Morgan fingerprint density at radius 2 is 1.83 bits per heavy atom. The number of hydrogen-bond donors (Lipinski definition) is 0. The smallest absolute Gasteiger partial charge is 0.284 e. The van der Waals surface area contributed by atoms with E-state index in [0.717, 1.165) is 0 Å². The topological polar surface area (TPSA) is 35.0 Å². The second-order valence-corrected chi connectivity index (χ2v) is 1.90. The van der Waals surface area contributed by atoms with E-state index in [-0.39, 0.29) is 5.82 Å². The molecule has 1 heterocycles. The number of nitrogens with zero attached hydrogens (tertiary/aromatic N) is 2. The molecule has 0 N–H and O–H groups in total. The maximum Gasteiger partial charge on any atom is 0.522 e. The van der Waals surface area contributed by atoms with Crippen LogP contribution in [-0.2, 0) is 11.3 Å². The first-order valence-electron chi connectivity index (χ1n) is 3.04. The molecule has 0 fully saturated rings. The molecule has 0 saturated carbocycles. The van der Waals surface area contributed by atoms with Gasteiger partial charge in [-0.05, 0) is 6.07 Å². The summed E-state index contributed by atoms with van der Waals surface area (Å²) >= 11 is 0. The van der Waals surface area contributed by atoms with Gasteiger partial charge >= 0.3 is 6.36 Å². The predicted molar refractivity (Wildman–Crippen MR) is 32.9 cm³/mol. The normalized spacial score (nSPS) is 11.6. The van der Waals surface area contributed by atoms with Crippen LogP contribution in [0.2, 0.25) is 0 Å². The lowest BCUT2D eigenvalue weighted by Gasteiger charge is -2.04. The summed E-state index contributed by atoms with van der Waals surface area (Å²) in [6, 6.07) is 1.51. The highest BCUT2D eigenvalue weighted by atomic mass is 19.4. The van der Waals surface area contributed by atoms with Crippen LogP contribution < -0.4 is 0 Å². The molecule has 0 saturated heterocycles. The van der Waals surface area contributed by atoms with Crippen LogP contribution in [0, 0.1) is 0 Å². The Kier molecular flexibility index (Phi) is 2.59. The van der Waals surface area contributed by atoms with Crippen LogP contribution in [0.5, 0.6) is 0 Å². The Labute approximate surface area is 66.2 Å². The zero-order valence-electron chi connectivity index (χ0n) is 5.88. The van der Waals surface area contributed by atoms with Crippen molar-refractivity contribution in [1.82, 2.24) is 9.97 Å². The van der Waals surface area contributed by atoms with Crippen molar-refractivity contribution in [1.29, 1.82) is 0 Å². The van der Waals surface area contributed by atoms with Crippen molar-refractivity contribution in [3.63, 3.8) is 0 Å². The maximum absolute atomic E-state index is 11.5. The van der Waals surface area contributed by atoms with E-state index >= 15 is 0 Å². The molecule has 0 aliphatic carbocycles. The Balaban J connectivity index is 2.44. The van der Waals surface area contributed by atoms with Crippen molar-refractivity contribution in [2.24, 2.45) is 0 Å². The van der Waals surface area contributed by atoms with Crippen LogP contribution in [0.25, 0.3) is 0 Å². The van der Waals surface area contributed by atoms with Gasteiger partial charge in [0.25, 0.3) is 0 Å². The van der Waals surface area contributed by atoms with Gasteiger partial charge in [-0.1, -0.05) is 0 Å². The maximum atomic E-state index is 11.5. The van der Waals surface area contributed by atoms with Gasteiger partial charge in [0.2, 0.25) is 0 Å². The molecule has 12 heavy (non-hydrogen) atoms. The molecule has 0 aliphatic rings. The zero-order valence-corrected chi connectivity index (χ0v) is 5.88. The van der Waals surface area contributed by atoms with E-state index in [0.29, 0.717) is 0 Å². The summed E-state index contributed by atoms with van der Waals surface area (Å²) in [5.41, 5.74) is 0. The molecule has 0 amide bonds. The average Bonchev–Trinajstić information content (AvgIpc) is 2.02. The molecule has 66 valence electrons. The van der Waals surface area contributed by atoms with Crippen LogP contribution in [0.3, 0.4) is 0 Å². The lowest BCUT2D eigenvalue weighted by atomic mass is 10.6. The largest absolute Gasteiger partial charge is 0.522 e. The highest BCUT2D eigenvalue weighted by molar-refractivity contribution is 4.86. The molecule has 6 heteroatoms. The molecular formula is C6H5F3N2O. The third-order valence-corrected chi connectivity index (χ3v) is 0.984. The quantitative estimate of drug-likeness (QED) is 0.688. The fourth-order valence-corrected chi connectivity index (χ4v) is 0.551. The van der Waals surface area contributed by atoms with Gasteiger partial charge in [-0.2, -0.15) is 0 Å². The average molecular weight is 178 g/mol. The first-order valence-corrected chi connectivity index (χ1v) is 3.04. The molecule has 0 unspecified atom stereocenters. The number of alkyl halides is 3. The fourth-order valence-electron chi connectivity index (χ4n) is 0.551. The lowest BCUT2D eigenvalue weighted by Crippen LogP contribution is -2.14. The Morgan fingerprint density at radius 1 is 1.25 bits per heavy atom. The highest BCUT2D eigenvalue weighted by Gasteiger charge is 2.29. The molecule has 1 aromatic heterocycles. The molecule has 1 rings (SSSR count). The summed E-state index contributed by atoms with van der Waals surface area (Å²) in [7, 11) is 0. The third-order valence-electron chi connectivity index (χ3n) is 0.984. The van der Waals surface area contributed by atoms with Gasteiger partial charge in [-0.15, -0.1) is 13.2 Å². The van der Waals surface area contributed by atoms with E-state index in [1.165, 1.54) is 18.5 Å². The van der Waals surface area contributed by atoms with Gasteiger partial charge in [0, 0.05) is 12.4 Å². The van der Waals surface area contributed by atoms with Gasteiger partial charge in [-0.3, -0.25) is 4.74 Å². The molecule has 0 bridgehead atoms. The van der Waals surface area contributed by atoms with Crippen molar-refractivity contribution in [3.8, 4) is 0 Å². The van der Waals surface area contributed by atoms with Crippen LogP contribution in [-0.4, -0.2) is 16.3 Å². The van der Waals surface area contributed by atoms with E-state index in [4.69, 9.17) is 0 Å². The number of halogens is 3. The minimum atomic E-state index is -4.63. The molecule has 0 radical (unpaired) electrons. The molecule has 1 aromatic rings. The standard InChI is InChI=1S/C6H5F3N2O/c7-6(8,9)12-4-5-10-2-1-3-11-5/h1-3H,4H2. The summed E-state index contributed by atoms with van der Waals surface area (Å²) in [6.45, 7) is -0.648. The summed E-state index contributed by atoms with van der Waals surface area (Å²) in [6.07, 6.45) is -1.93. The predicted octanol–water partition coefficient (Wildman–Crippen LogP) is 1.51. The molecule has 0 atom stereocenters. The number of aromatic nitrogens is 2.